The molecule has 324 valence electrons. The molecule has 0 amide bonds. The minimum Gasteiger partial charge on any atom is -0.479 e. The van der Waals surface area contributed by atoms with Gasteiger partial charge in [-0.05, 0) is 0 Å². The molecule has 3 fully saturated rings. The van der Waals surface area contributed by atoms with Crippen LogP contribution in [0.25, 0.3) is 0 Å². The monoisotopic (exact) mass is 916 g/mol. The summed E-state index contributed by atoms with van der Waals surface area (Å²) in [4.78, 5) is 12.4. The van der Waals surface area contributed by atoms with Crippen LogP contribution < -0.4 is 9.44 Å². The lowest BCUT2D eigenvalue weighted by atomic mass is 9.95. The number of rotatable bonds is 17. The van der Waals surface area contributed by atoms with Gasteiger partial charge in [-0.25, -0.2) is 17.3 Å². The van der Waals surface area contributed by atoms with Gasteiger partial charge in [-0.1, -0.05) is 0 Å². The molecule has 32 nitrogen and oxygen atoms in total. The molecule has 0 spiro atoms. The third-order valence-electron chi connectivity index (χ3n) is 7.30. The van der Waals surface area contributed by atoms with E-state index >= 15 is 0 Å². The number of aliphatic carboxylic acids is 1. The number of aliphatic hydroxyl groups excluding tert-OH is 5. The zero-order chi connectivity index (χ0) is 42.2. The van der Waals surface area contributed by atoms with Crippen LogP contribution in [0, 0.1) is 0 Å². The molecule has 3 rings (SSSR count). The predicted molar refractivity (Wildman–Crippen MR) is 158 cm³/mol. The van der Waals surface area contributed by atoms with Crippen molar-refractivity contribution in [2.45, 2.75) is 92.0 Å². The average Bonchev–Trinajstić information content (AvgIpc) is 2.98. The highest BCUT2D eigenvalue weighted by Gasteiger charge is 2.57. The van der Waals surface area contributed by atoms with Crippen molar-refractivity contribution < 1.29 is 137 Å². The first-order valence-corrected chi connectivity index (χ1v) is 21.0. The normalized spacial score (nSPS) is 38.4. The number of nitrogens with one attached hydrogen (secondary N) is 2. The molecule has 15 atom stereocenters. The van der Waals surface area contributed by atoms with Crippen LogP contribution in [0.3, 0.4) is 0 Å². The highest BCUT2D eigenvalue weighted by atomic mass is 32.3. The van der Waals surface area contributed by atoms with Gasteiger partial charge in [0.25, 0.3) is 0 Å². The maximum Gasteiger partial charge on any atom is 0.397 e. The summed E-state index contributed by atoms with van der Waals surface area (Å²) in [6, 6.07) is -4.85. The first-order valence-electron chi connectivity index (χ1n) is 14.1. The lowest BCUT2D eigenvalue weighted by molar-refractivity contribution is -0.357. The number of ether oxygens (including phenoxy) is 5. The van der Waals surface area contributed by atoms with Gasteiger partial charge in [-0.2, -0.15) is 51.5 Å². The van der Waals surface area contributed by atoms with Crippen LogP contribution in [0.5, 0.6) is 0 Å². The fourth-order valence-corrected chi connectivity index (χ4v) is 7.46. The number of aliphatic hydroxyl groups is 5. The molecule has 0 radical (unpaired) electrons. The smallest absolute Gasteiger partial charge is 0.397 e. The van der Waals surface area contributed by atoms with Crippen LogP contribution in [-0.4, -0.2) is 207 Å². The van der Waals surface area contributed by atoms with Gasteiger partial charge in [0.15, 0.2) is 31.1 Å². The largest absolute Gasteiger partial charge is 0.479 e. The molecule has 0 aliphatic carbocycles. The second-order valence-corrected chi connectivity index (χ2v) is 16.8. The summed E-state index contributed by atoms with van der Waals surface area (Å²) in [5, 5.41) is 63.1. The summed E-state index contributed by atoms with van der Waals surface area (Å²) < 4.78 is 201. The van der Waals surface area contributed by atoms with Gasteiger partial charge >= 0.3 is 57.8 Å². The number of hydrogen-bond donors (Lipinski definition) is 13. The molecule has 13 N–H and O–H groups in total. The van der Waals surface area contributed by atoms with E-state index in [1.807, 2.05) is 0 Å². The Bertz CT molecular complexity index is 1910. The lowest BCUT2D eigenvalue weighted by Gasteiger charge is -2.48. The third kappa shape index (κ3) is 14.0. The molecule has 0 aromatic heterocycles. The maximum absolute atomic E-state index is 12.4. The Hall–Kier alpha value is -1.58. The molecular formula is C18H32N2O30S5. The summed E-state index contributed by atoms with van der Waals surface area (Å²) in [6.45, 7) is -2.87. The molecule has 55 heavy (non-hydrogen) atoms. The standard InChI is InChI=1S/C18H32N2O30S5/c21-7-3(1-43-53(34,35)36)46-17(6(8(7)22)20-52(31,32)33)48-12-10(24)13(50-55(40,41)42)18(49-14(12)15(25)26)47-11-4(2-44-54(37,38)39)45-16(27)5(9(11)23)19-51(28,29)30/h3-14,16-24,27H,1-2H2,(H,25,26)(H,28,29,30)(H,31,32,33)(H,34,35,36)(H,37,38,39)(H,40,41,42)/t3-,4-,5-,6-,7-,8-,9-,10+,11-,12+,13-,14-,16+,17-,18-/m1/s1. The summed E-state index contributed by atoms with van der Waals surface area (Å²) in [6.07, 6.45) is -33.7. The Kier molecular flexibility index (Phi) is 15.4. The Morgan fingerprint density at radius 3 is 1.51 bits per heavy atom. The van der Waals surface area contributed by atoms with Crippen LogP contribution >= 0.6 is 0 Å². The van der Waals surface area contributed by atoms with Crippen molar-refractivity contribution in [3.63, 3.8) is 0 Å². The fraction of sp³-hybridized carbons (Fsp3) is 0.944. The summed E-state index contributed by atoms with van der Waals surface area (Å²) in [5.41, 5.74) is 0. The van der Waals surface area contributed by atoms with Crippen molar-refractivity contribution in [1.29, 1.82) is 0 Å². The second kappa shape index (κ2) is 17.7. The SMILES string of the molecule is O=C(O)[C@@H]1O[C@@H](O[C@H]2[C@H](O)[C@@H](NS(=O)(=O)O)[C@@H](O)O[C@@H]2COS(=O)(=O)O)[C@H](OS(=O)(=O)O)[C@@H](O)[C@@H]1O[C@H]1O[C@H](COS(=O)(=O)O)[C@@H](O)[C@H](O)[C@H]1NS(=O)(=O)O. The minimum absolute atomic E-state index is 1.27. The highest BCUT2D eigenvalue weighted by Crippen LogP contribution is 2.34. The van der Waals surface area contributed by atoms with E-state index in [4.69, 9.17) is 37.3 Å². The third-order valence-corrected chi connectivity index (χ3v) is 9.78. The topological polar surface area (TPSA) is 508 Å². The maximum atomic E-state index is 12.4. The first kappa shape index (κ1) is 47.8. The molecule has 3 aliphatic heterocycles. The van der Waals surface area contributed by atoms with Gasteiger partial charge in [0, 0.05) is 0 Å². The number of hydrogen-bond acceptors (Lipinski definition) is 24. The molecule has 0 aromatic rings. The number of carboxylic acid groups (broad SMARTS) is 1. The zero-order valence-electron chi connectivity index (χ0n) is 26.3. The molecule has 0 unspecified atom stereocenters. The van der Waals surface area contributed by atoms with E-state index in [-0.39, 0.29) is 0 Å². The summed E-state index contributed by atoms with van der Waals surface area (Å²) in [5.74, 6) is -2.24. The van der Waals surface area contributed by atoms with Crippen LogP contribution in [0.15, 0.2) is 0 Å². The van der Waals surface area contributed by atoms with E-state index in [9.17, 15) is 86.6 Å². The number of carbonyl (C=O) groups is 1. The van der Waals surface area contributed by atoms with Gasteiger partial charge in [-0.3, -0.25) is 22.8 Å². The van der Waals surface area contributed by atoms with Crippen LogP contribution in [0.1, 0.15) is 0 Å². The first-order chi connectivity index (χ1) is 24.8. The van der Waals surface area contributed by atoms with E-state index in [0.717, 1.165) is 0 Å². The summed E-state index contributed by atoms with van der Waals surface area (Å²) >= 11 is 0. The molecule has 0 saturated carbocycles. The van der Waals surface area contributed by atoms with E-state index in [1.54, 1.807) is 0 Å². The van der Waals surface area contributed by atoms with E-state index < -0.39 is 163 Å². The second-order valence-electron chi connectivity index (χ2n) is 11.2. The van der Waals surface area contributed by atoms with Gasteiger partial charge in [-0.15, -0.1) is 0 Å². The predicted octanol–water partition coefficient (Wildman–Crippen LogP) is -9.20. The van der Waals surface area contributed by atoms with Crippen molar-refractivity contribution in [2.24, 2.45) is 0 Å². The Balaban J connectivity index is 2.07. The lowest BCUT2D eigenvalue weighted by Crippen LogP contribution is -2.69. The Morgan fingerprint density at radius 2 is 1.04 bits per heavy atom. The molecule has 0 aromatic carbocycles. The molecule has 3 saturated heterocycles. The van der Waals surface area contributed by atoms with Crippen molar-refractivity contribution in [3.05, 3.63) is 0 Å². The summed E-state index contributed by atoms with van der Waals surface area (Å²) in [7, 11) is -27.3. The molecule has 3 heterocycles. The Labute approximate surface area is 308 Å². The van der Waals surface area contributed by atoms with Gasteiger partial charge in [0.05, 0.1) is 13.2 Å². The fourth-order valence-electron chi connectivity index (χ4n) is 5.16. The molecule has 3 aliphatic rings. The molecule has 0 bridgehead atoms. The highest BCUT2D eigenvalue weighted by molar-refractivity contribution is 7.84. The molecular weight excluding hydrogens is 885 g/mol. The van der Waals surface area contributed by atoms with Crippen molar-refractivity contribution in [2.75, 3.05) is 13.2 Å². The van der Waals surface area contributed by atoms with Crippen LogP contribution in [0.2, 0.25) is 0 Å². The van der Waals surface area contributed by atoms with Gasteiger partial charge < -0.3 is 54.3 Å². The Morgan fingerprint density at radius 1 is 0.545 bits per heavy atom. The van der Waals surface area contributed by atoms with Crippen molar-refractivity contribution in [3.8, 4) is 0 Å². The van der Waals surface area contributed by atoms with E-state index in [0.29, 0.717) is 0 Å². The van der Waals surface area contributed by atoms with Gasteiger partial charge in [0.2, 0.25) is 0 Å². The van der Waals surface area contributed by atoms with Crippen LogP contribution in [-0.2, 0) is 92.8 Å². The van der Waals surface area contributed by atoms with E-state index in [2.05, 4.69) is 12.5 Å². The van der Waals surface area contributed by atoms with Gasteiger partial charge in [0.1, 0.15) is 60.9 Å². The van der Waals surface area contributed by atoms with E-state index in [1.165, 1.54) is 9.44 Å². The quantitative estimate of drug-likeness (QED) is 0.0603. The number of carboxylic acids is 1. The average molecular weight is 917 g/mol. The minimum atomic E-state index is -5.85. The molecule has 37 heteroatoms. The van der Waals surface area contributed by atoms with Crippen LogP contribution in [0.4, 0.5) is 0 Å². The van der Waals surface area contributed by atoms with Crippen molar-refractivity contribution >= 4 is 57.8 Å². The van der Waals surface area contributed by atoms with Crippen molar-refractivity contribution in [1.82, 2.24) is 9.44 Å². The zero-order valence-corrected chi connectivity index (χ0v) is 30.4.